The van der Waals surface area contributed by atoms with Crippen LogP contribution in [0.5, 0.6) is 5.75 Å². The van der Waals surface area contributed by atoms with E-state index in [-0.39, 0.29) is 0 Å². The van der Waals surface area contributed by atoms with E-state index >= 15 is 0 Å². The smallest absolute Gasteiger partial charge is 0.144 e. The Balaban J connectivity index is 1.73. The molecule has 27 heavy (non-hydrogen) atoms. The average Bonchev–Trinajstić information content (AvgIpc) is 3.05. The lowest BCUT2D eigenvalue weighted by atomic mass is 10.2. The zero-order chi connectivity index (χ0) is 18.6. The van der Waals surface area contributed by atoms with Crippen molar-refractivity contribution >= 4 is 34.4 Å². The van der Waals surface area contributed by atoms with E-state index in [4.69, 9.17) is 16.3 Å². The van der Waals surface area contributed by atoms with Gasteiger partial charge in [-0.1, -0.05) is 60.1 Å². The number of aromatic nitrogens is 1. The van der Waals surface area contributed by atoms with Crippen molar-refractivity contribution in [2.45, 2.75) is 6.54 Å². The number of hydrogen-bond donors (Lipinski definition) is 0. The van der Waals surface area contributed by atoms with Crippen molar-refractivity contribution in [3.8, 4) is 5.75 Å². The fraction of sp³-hybridized carbons (Fsp3) is 0.0870. The summed E-state index contributed by atoms with van der Waals surface area (Å²) < 4.78 is 7.63. The van der Waals surface area contributed by atoms with Gasteiger partial charge >= 0.3 is 0 Å². The first kappa shape index (κ1) is 17.4. The summed E-state index contributed by atoms with van der Waals surface area (Å²) in [6.45, 7) is 0.815. The van der Waals surface area contributed by atoms with E-state index in [9.17, 15) is 0 Å². The Morgan fingerprint density at radius 2 is 1.78 bits per heavy atom. The van der Waals surface area contributed by atoms with Crippen LogP contribution in [0.4, 0.5) is 5.69 Å². The molecule has 0 amide bonds. The first-order chi connectivity index (χ1) is 13.2. The van der Waals surface area contributed by atoms with Crippen LogP contribution in [0.3, 0.4) is 0 Å². The Kier molecular flexibility index (Phi) is 4.95. The maximum absolute atomic E-state index is 6.11. The van der Waals surface area contributed by atoms with Crippen molar-refractivity contribution in [2.24, 2.45) is 4.99 Å². The molecule has 0 N–H and O–H groups in total. The Bertz CT molecular complexity index is 1100. The number of hydrogen-bond acceptors (Lipinski definition) is 2. The third-order valence-electron chi connectivity index (χ3n) is 4.50. The number of benzene rings is 3. The van der Waals surface area contributed by atoms with Crippen LogP contribution in [-0.2, 0) is 6.54 Å². The van der Waals surface area contributed by atoms with Crippen LogP contribution in [0.1, 0.15) is 11.1 Å². The third kappa shape index (κ3) is 3.74. The zero-order valence-electron chi connectivity index (χ0n) is 15.0. The molecule has 3 aromatic carbocycles. The summed E-state index contributed by atoms with van der Waals surface area (Å²) in [6.07, 6.45) is 4.01. The number of ether oxygens (including phenoxy) is 1. The first-order valence-electron chi connectivity index (χ1n) is 8.74. The van der Waals surface area contributed by atoms with Gasteiger partial charge in [-0.3, -0.25) is 4.99 Å². The highest BCUT2D eigenvalue weighted by Gasteiger charge is 2.08. The van der Waals surface area contributed by atoms with Crippen LogP contribution in [0.15, 0.2) is 84.0 Å². The number of fused-ring (bicyclic) bond motifs is 1. The minimum absolute atomic E-state index is 0.634. The van der Waals surface area contributed by atoms with Crippen LogP contribution in [0.2, 0.25) is 5.02 Å². The second-order valence-corrected chi connectivity index (χ2v) is 6.73. The van der Waals surface area contributed by atoms with Crippen LogP contribution in [-0.4, -0.2) is 17.9 Å². The van der Waals surface area contributed by atoms with Crippen molar-refractivity contribution in [2.75, 3.05) is 7.11 Å². The predicted molar refractivity (Wildman–Crippen MR) is 113 cm³/mol. The molecule has 4 heteroatoms. The molecule has 1 heterocycles. The average molecular weight is 375 g/mol. The van der Waals surface area contributed by atoms with Crippen molar-refractivity contribution in [3.05, 3.63) is 95.1 Å². The van der Waals surface area contributed by atoms with Gasteiger partial charge in [0.05, 0.1) is 7.11 Å². The lowest BCUT2D eigenvalue weighted by molar-refractivity contribution is 0.416. The molecule has 0 saturated heterocycles. The largest absolute Gasteiger partial charge is 0.494 e. The fourth-order valence-electron chi connectivity index (χ4n) is 3.19. The molecule has 0 spiro atoms. The first-order valence-corrected chi connectivity index (χ1v) is 9.12. The second-order valence-electron chi connectivity index (χ2n) is 6.29. The number of halogens is 1. The standard InChI is InChI=1S/C23H19ClN2O/c1-27-23-12-11-19(24)13-21(23)25-14-18-16-26(15-17-7-3-2-4-8-17)22-10-6-5-9-20(18)22/h2-14,16H,15H2,1H3. The van der Waals surface area contributed by atoms with Crippen LogP contribution < -0.4 is 4.74 Å². The van der Waals surface area contributed by atoms with E-state index in [1.54, 1.807) is 19.2 Å². The summed E-state index contributed by atoms with van der Waals surface area (Å²) in [5.74, 6) is 0.698. The molecule has 0 radical (unpaired) electrons. The van der Waals surface area contributed by atoms with Gasteiger partial charge in [-0.15, -0.1) is 0 Å². The maximum Gasteiger partial charge on any atom is 0.144 e. The van der Waals surface area contributed by atoms with E-state index in [0.717, 1.165) is 17.5 Å². The van der Waals surface area contributed by atoms with Crippen LogP contribution >= 0.6 is 11.6 Å². The molecule has 0 aliphatic heterocycles. The van der Waals surface area contributed by atoms with Gasteiger partial charge in [0, 0.05) is 40.4 Å². The molecule has 134 valence electrons. The quantitative estimate of drug-likeness (QED) is 0.387. The molecule has 3 nitrogen and oxygen atoms in total. The number of methoxy groups -OCH3 is 1. The van der Waals surface area contributed by atoms with Crippen molar-refractivity contribution < 1.29 is 4.74 Å². The van der Waals surface area contributed by atoms with Gasteiger partial charge in [-0.05, 0) is 29.8 Å². The minimum Gasteiger partial charge on any atom is -0.494 e. The lowest BCUT2D eigenvalue weighted by Gasteiger charge is -2.05. The fourth-order valence-corrected chi connectivity index (χ4v) is 3.36. The predicted octanol–water partition coefficient (Wildman–Crippen LogP) is 6.10. The third-order valence-corrected chi connectivity index (χ3v) is 4.73. The van der Waals surface area contributed by atoms with Gasteiger partial charge < -0.3 is 9.30 Å². The van der Waals surface area contributed by atoms with E-state index in [1.807, 2.05) is 24.4 Å². The van der Waals surface area contributed by atoms with Crippen molar-refractivity contribution in [3.63, 3.8) is 0 Å². The van der Waals surface area contributed by atoms with E-state index < -0.39 is 0 Å². The molecule has 1 aromatic heterocycles. The number of nitrogens with zero attached hydrogens (tertiary/aromatic N) is 2. The molecule has 4 aromatic rings. The molecule has 0 unspecified atom stereocenters. The zero-order valence-corrected chi connectivity index (χ0v) is 15.7. The number of aliphatic imine (C=N–C) groups is 1. The number of rotatable bonds is 5. The Morgan fingerprint density at radius 1 is 1.00 bits per heavy atom. The summed E-state index contributed by atoms with van der Waals surface area (Å²) >= 11 is 6.11. The van der Waals surface area contributed by atoms with Crippen molar-refractivity contribution in [1.82, 2.24) is 4.57 Å². The Labute approximate surface area is 163 Å². The normalized spacial score (nSPS) is 11.3. The van der Waals surface area contributed by atoms with E-state index in [1.165, 1.54) is 11.1 Å². The van der Waals surface area contributed by atoms with Gasteiger partial charge in [0.2, 0.25) is 0 Å². The summed E-state index contributed by atoms with van der Waals surface area (Å²) in [5.41, 5.74) is 4.22. The monoisotopic (exact) mass is 374 g/mol. The topological polar surface area (TPSA) is 26.5 Å². The molecule has 0 saturated carbocycles. The highest BCUT2D eigenvalue weighted by molar-refractivity contribution is 6.30. The SMILES string of the molecule is COc1ccc(Cl)cc1N=Cc1cn(Cc2ccccc2)c2ccccc12. The molecule has 0 aliphatic rings. The highest BCUT2D eigenvalue weighted by Crippen LogP contribution is 2.31. The maximum atomic E-state index is 6.11. The van der Waals surface area contributed by atoms with Crippen LogP contribution in [0.25, 0.3) is 10.9 Å². The van der Waals surface area contributed by atoms with E-state index in [0.29, 0.717) is 16.5 Å². The summed E-state index contributed by atoms with van der Waals surface area (Å²) in [4.78, 5) is 4.63. The van der Waals surface area contributed by atoms with E-state index in [2.05, 4.69) is 58.2 Å². The van der Waals surface area contributed by atoms with Gasteiger partial charge in [-0.2, -0.15) is 0 Å². The van der Waals surface area contributed by atoms with Crippen LogP contribution in [0, 0.1) is 0 Å². The highest BCUT2D eigenvalue weighted by atomic mass is 35.5. The second kappa shape index (κ2) is 7.68. The molecular weight excluding hydrogens is 356 g/mol. The minimum atomic E-state index is 0.634. The number of para-hydroxylation sites is 1. The van der Waals surface area contributed by atoms with Gasteiger partial charge in [-0.25, -0.2) is 0 Å². The Morgan fingerprint density at radius 3 is 2.59 bits per heavy atom. The lowest BCUT2D eigenvalue weighted by Crippen LogP contribution is -1.97. The van der Waals surface area contributed by atoms with Gasteiger partial charge in [0.15, 0.2) is 0 Å². The van der Waals surface area contributed by atoms with Gasteiger partial charge in [0.25, 0.3) is 0 Å². The van der Waals surface area contributed by atoms with Gasteiger partial charge in [0.1, 0.15) is 11.4 Å². The molecule has 0 atom stereocenters. The molecular formula is C23H19ClN2O. The summed E-state index contributed by atoms with van der Waals surface area (Å²) in [6, 6.07) is 24.2. The van der Waals surface area contributed by atoms with Crippen molar-refractivity contribution in [1.29, 1.82) is 0 Å². The summed E-state index contributed by atoms with van der Waals surface area (Å²) in [5, 5.41) is 1.80. The molecule has 0 bridgehead atoms. The molecule has 4 rings (SSSR count). The molecule has 0 aliphatic carbocycles. The molecule has 0 fully saturated rings. The summed E-state index contributed by atoms with van der Waals surface area (Å²) in [7, 11) is 1.63. The Hall–Kier alpha value is -3.04.